The molecule has 5 rings (SSSR count). The van der Waals surface area contributed by atoms with Crippen molar-refractivity contribution in [1.29, 1.82) is 0 Å². The molecule has 1 spiro atoms. The molecule has 0 amide bonds. The summed E-state index contributed by atoms with van der Waals surface area (Å²) in [5, 5.41) is 12.1. The van der Waals surface area contributed by atoms with Gasteiger partial charge < -0.3 is 19.3 Å². The topological polar surface area (TPSA) is 65.0 Å². The molecule has 158 valence electrons. The lowest BCUT2D eigenvalue weighted by Crippen LogP contribution is -2.69. The Kier molecular flexibility index (Phi) is 4.37. The van der Waals surface area contributed by atoms with Crippen LogP contribution >= 0.6 is 0 Å². The van der Waals surface area contributed by atoms with E-state index in [1.165, 1.54) is 11.6 Å². The fraction of sp³-hybridized carbons (Fsp3) is 0.480. The molecule has 1 aromatic carbocycles. The summed E-state index contributed by atoms with van der Waals surface area (Å²) < 4.78 is 17.8. The maximum atomic E-state index is 12.4. The molecule has 5 nitrogen and oxygen atoms in total. The average Bonchev–Trinajstić information content (AvgIpc) is 3.08. The number of esters is 1. The highest BCUT2D eigenvalue weighted by molar-refractivity contribution is 5.83. The third-order valence-corrected chi connectivity index (χ3v) is 7.69. The van der Waals surface area contributed by atoms with Crippen LogP contribution in [0, 0.1) is 11.8 Å². The third-order valence-electron chi connectivity index (χ3n) is 7.69. The van der Waals surface area contributed by atoms with Gasteiger partial charge in [-0.05, 0) is 62.1 Å². The van der Waals surface area contributed by atoms with E-state index in [1.54, 1.807) is 19.3 Å². The lowest BCUT2D eigenvalue weighted by Gasteiger charge is -2.61. The van der Waals surface area contributed by atoms with Gasteiger partial charge in [0.25, 0.3) is 0 Å². The van der Waals surface area contributed by atoms with Crippen molar-refractivity contribution in [1.82, 2.24) is 0 Å². The molecule has 5 atom stereocenters. The van der Waals surface area contributed by atoms with Crippen molar-refractivity contribution in [2.75, 3.05) is 7.11 Å². The van der Waals surface area contributed by atoms with E-state index in [0.29, 0.717) is 29.6 Å². The normalized spacial score (nSPS) is 35.7. The minimum Gasteiger partial charge on any atom is -0.493 e. The van der Waals surface area contributed by atoms with E-state index in [1.807, 2.05) is 25.1 Å². The summed E-state index contributed by atoms with van der Waals surface area (Å²) in [5.74, 6) is 1.98. The van der Waals surface area contributed by atoms with Crippen LogP contribution in [0.2, 0.25) is 0 Å². The zero-order chi connectivity index (χ0) is 21.1. The van der Waals surface area contributed by atoms with Gasteiger partial charge in [0, 0.05) is 11.6 Å². The molecule has 1 saturated carbocycles. The van der Waals surface area contributed by atoms with Crippen LogP contribution in [0.4, 0.5) is 0 Å². The highest BCUT2D eigenvalue weighted by Gasteiger charge is 2.71. The van der Waals surface area contributed by atoms with Gasteiger partial charge in [-0.3, -0.25) is 0 Å². The van der Waals surface area contributed by atoms with E-state index in [-0.39, 0.29) is 5.92 Å². The van der Waals surface area contributed by atoms with Gasteiger partial charge in [-0.1, -0.05) is 31.2 Å². The van der Waals surface area contributed by atoms with Crippen molar-refractivity contribution >= 4 is 5.97 Å². The molecule has 1 aliphatic heterocycles. The smallest absolute Gasteiger partial charge is 0.335 e. The summed E-state index contributed by atoms with van der Waals surface area (Å²) in [7, 11) is 1.63. The minimum atomic E-state index is -0.920. The maximum Gasteiger partial charge on any atom is 0.335 e. The standard InChI is InChI=1S/C25H28O5/c1-4-5-6-7-20(26)29-19-11-13-25(27)17-14-16-8-9-18(28-3)22-21(16)24(25,23(19)30-22)12-10-15(17)2/h4-9,11,15,17,23,27H,10,12-14H2,1-3H3/b5-4+,7-6+/t15?,17-,23-,24-,25+/m0/s1. The monoisotopic (exact) mass is 408 g/mol. The molecule has 30 heavy (non-hydrogen) atoms. The number of hydrogen-bond donors (Lipinski definition) is 1. The molecule has 0 radical (unpaired) electrons. The summed E-state index contributed by atoms with van der Waals surface area (Å²) in [6.07, 6.45) is 11.1. The van der Waals surface area contributed by atoms with Gasteiger partial charge >= 0.3 is 5.97 Å². The number of aliphatic hydroxyl groups is 1. The molecule has 3 aliphatic carbocycles. The van der Waals surface area contributed by atoms with Gasteiger partial charge in [0.05, 0.1) is 18.1 Å². The first-order valence-electron chi connectivity index (χ1n) is 10.8. The Morgan fingerprint density at radius 2 is 2.17 bits per heavy atom. The zero-order valence-electron chi connectivity index (χ0n) is 17.7. The third kappa shape index (κ3) is 2.36. The molecular weight excluding hydrogens is 380 g/mol. The number of rotatable bonds is 4. The maximum absolute atomic E-state index is 12.4. The van der Waals surface area contributed by atoms with Crippen molar-refractivity contribution in [3.63, 3.8) is 0 Å². The van der Waals surface area contributed by atoms with E-state index >= 15 is 0 Å². The first-order chi connectivity index (χ1) is 14.5. The van der Waals surface area contributed by atoms with Gasteiger partial charge in [-0.15, -0.1) is 0 Å². The highest BCUT2D eigenvalue weighted by atomic mass is 16.6. The second kappa shape index (κ2) is 6.74. The van der Waals surface area contributed by atoms with Crippen LogP contribution in [-0.2, 0) is 21.4 Å². The number of benzene rings is 1. The van der Waals surface area contributed by atoms with E-state index in [2.05, 4.69) is 13.0 Å². The van der Waals surface area contributed by atoms with Crippen molar-refractivity contribution in [3.05, 3.63) is 59.4 Å². The van der Waals surface area contributed by atoms with Gasteiger partial charge in [-0.2, -0.15) is 0 Å². The molecule has 1 aromatic rings. The average molecular weight is 408 g/mol. The predicted octanol–water partition coefficient (Wildman–Crippen LogP) is 3.99. The van der Waals surface area contributed by atoms with Crippen LogP contribution < -0.4 is 9.47 Å². The van der Waals surface area contributed by atoms with Crippen LogP contribution in [-0.4, -0.2) is 29.9 Å². The summed E-state index contributed by atoms with van der Waals surface area (Å²) in [6.45, 7) is 4.12. The molecule has 1 N–H and O–H groups in total. The first kappa shape index (κ1) is 19.4. The number of carbonyl (C=O) groups excluding carboxylic acids is 1. The van der Waals surface area contributed by atoms with Crippen LogP contribution in [0.3, 0.4) is 0 Å². The largest absolute Gasteiger partial charge is 0.493 e. The summed E-state index contributed by atoms with van der Waals surface area (Å²) in [4.78, 5) is 12.4. The molecule has 1 unspecified atom stereocenters. The molecule has 0 aromatic heterocycles. The van der Waals surface area contributed by atoms with Gasteiger partial charge in [0.15, 0.2) is 17.6 Å². The molecule has 1 fully saturated rings. The number of ether oxygens (including phenoxy) is 3. The van der Waals surface area contributed by atoms with Gasteiger partial charge in [-0.25, -0.2) is 4.79 Å². The molecule has 4 aliphatic rings. The number of carbonyl (C=O) groups is 1. The first-order valence-corrected chi connectivity index (χ1v) is 10.8. The Balaban J connectivity index is 1.63. The Morgan fingerprint density at radius 1 is 1.33 bits per heavy atom. The van der Waals surface area contributed by atoms with Gasteiger partial charge in [0.1, 0.15) is 5.76 Å². The van der Waals surface area contributed by atoms with E-state index in [0.717, 1.165) is 24.8 Å². The molecule has 2 bridgehead atoms. The summed E-state index contributed by atoms with van der Waals surface area (Å²) in [6, 6.07) is 4.06. The fourth-order valence-corrected chi connectivity index (χ4v) is 6.36. The lowest BCUT2D eigenvalue weighted by molar-refractivity contribution is -0.169. The number of methoxy groups -OCH3 is 1. The van der Waals surface area contributed by atoms with E-state index in [4.69, 9.17) is 14.2 Å². The molecule has 5 heteroatoms. The Labute approximate surface area is 177 Å². The second-order valence-electron chi connectivity index (χ2n) is 8.97. The second-order valence-corrected chi connectivity index (χ2v) is 8.97. The Morgan fingerprint density at radius 3 is 2.93 bits per heavy atom. The highest BCUT2D eigenvalue weighted by Crippen LogP contribution is 2.68. The molecule has 0 saturated heterocycles. The quantitative estimate of drug-likeness (QED) is 0.464. The molecule has 1 heterocycles. The van der Waals surface area contributed by atoms with Gasteiger partial charge in [0.2, 0.25) is 0 Å². The van der Waals surface area contributed by atoms with Crippen molar-refractivity contribution in [3.8, 4) is 11.5 Å². The van der Waals surface area contributed by atoms with Crippen LogP contribution in [0.5, 0.6) is 11.5 Å². The SMILES string of the molecule is C/C=C/C=C/C(=O)OC1=CC[C@@]2(O)[C@H]3Cc4ccc(OC)c5c4[C@@]2(CCC3C)[C@H]1O5. The van der Waals surface area contributed by atoms with Crippen LogP contribution in [0.15, 0.2) is 48.3 Å². The van der Waals surface area contributed by atoms with Crippen LogP contribution in [0.1, 0.15) is 44.2 Å². The predicted molar refractivity (Wildman–Crippen MR) is 112 cm³/mol. The van der Waals surface area contributed by atoms with Crippen molar-refractivity contribution in [2.45, 2.75) is 56.7 Å². The minimum absolute atomic E-state index is 0.146. The zero-order valence-corrected chi connectivity index (χ0v) is 17.7. The van der Waals surface area contributed by atoms with E-state index < -0.39 is 23.1 Å². The van der Waals surface area contributed by atoms with Crippen molar-refractivity contribution in [2.24, 2.45) is 11.8 Å². The Hall–Kier alpha value is -2.53. The Bertz CT molecular complexity index is 989. The lowest BCUT2D eigenvalue weighted by atomic mass is 9.45. The van der Waals surface area contributed by atoms with Crippen LogP contribution in [0.25, 0.3) is 0 Å². The van der Waals surface area contributed by atoms with Crippen molar-refractivity contribution < 1.29 is 24.1 Å². The number of hydrogen-bond acceptors (Lipinski definition) is 5. The number of allylic oxidation sites excluding steroid dienone is 3. The molecular formula is C25H28O5. The summed E-state index contributed by atoms with van der Waals surface area (Å²) >= 11 is 0. The van der Waals surface area contributed by atoms with E-state index in [9.17, 15) is 9.90 Å². The fourth-order valence-electron chi connectivity index (χ4n) is 6.36. The summed E-state index contributed by atoms with van der Waals surface area (Å²) in [5.41, 5.74) is 0.744.